The zero-order valence-electron chi connectivity index (χ0n) is 8.98. The van der Waals surface area contributed by atoms with Crippen LogP contribution in [-0.4, -0.2) is 27.6 Å². The van der Waals surface area contributed by atoms with Gasteiger partial charge >= 0.3 is 0 Å². The molecule has 88 valence electrons. The molecule has 0 fully saturated rings. The molecule has 0 saturated heterocycles. The number of amides is 1. The molecule has 1 aromatic carbocycles. The number of benzene rings is 1. The lowest BCUT2D eigenvalue weighted by atomic mass is 10.2. The van der Waals surface area contributed by atoms with Gasteiger partial charge in [-0.15, -0.1) is 0 Å². The van der Waals surface area contributed by atoms with E-state index < -0.39 is 0 Å². The van der Waals surface area contributed by atoms with Crippen molar-refractivity contribution < 1.29 is 4.79 Å². The smallest absolute Gasteiger partial charge is 0.252 e. The summed E-state index contributed by atoms with van der Waals surface area (Å²) in [6.07, 6.45) is 2.10. The molecule has 0 radical (unpaired) electrons. The minimum Gasteiger partial charge on any atom is -0.352 e. The molecule has 2 aromatic rings. The van der Waals surface area contributed by atoms with Gasteiger partial charge in [-0.25, -0.2) is 4.98 Å². The van der Waals surface area contributed by atoms with Gasteiger partial charge in [-0.3, -0.25) is 9.89 Å². The predicted octanol–water partition coefficient (Wildman–Crippen LogP) is 1.38. The third-order valence-corrected chi connectivity index (χ3v) is 3.17. The number of aromatic amines is 1. The summed E-state index contributed by atoms with van der Waals surface area (Å²) in [4.78, 5) is 15.8. The first-order valence-electron chi connectivity index (χ1n) is 5.14. The number of hydrogen-bond donors (Lipinski definition) is 2. The third-order valence-electron chi connectivity index (χ3n) is 2.23. The zero-order valence-corrected chi connectivity index (χ0v) is 11.1. The van der Waals surface area contributed by atoms with Crippen molar-refractivity contribution in [1.29, 1.82) is 0 Å². The first-order chi connectivity index (χ1) is 8.27. The summed E-state index contributed by atoms with van der Waals surface area (Å²) in [5.74, 6) is 0.711. The Morgan fingerprint density at radius 2 is 2.24 bits per heavy atom. The molecule has 0 saturated carbocycles. The van der Waals surface area contributed by atoms with Crippen LogP contribution in [0.5, 0.6) is 0 Å². The predicted molar refractivity (Wildman–Crippen MR) is 71.6 cm³/mol. The number of carbonyl (C=O) groups excluding carboxylic acids is 1. The van der Waals surface area contributed by atoms with E-state index in [-0.39, 0.29) is 5.91 Å². The van der Waals surface area contributed by atoms with E-state index in [9.17, 15) is 4.79 Å². The van der Waals surface area contributed by atoms with Crippen molar-refractivity contribution in [3.05, 3.63) is 45.6 Å². The molecule has 2 N–H and O–H groups in total. The molecule has 0 bridgehead atoms. The van der Waals surface area contributed by atoms with Crippen LogP contribution in [0.25, 0.3) is 0 Å². The highest BCUT2D eigenvalue weighted by atomic mass is 127. The number of nitrogens with zero attached hydrogens (tertiary/aromatic N) is 2. The summed E-state index contributed by atoms with van der Waals surface area (Å²) in [5.41, 5.74) is 0.700. The Labute approximate surface area is 112 Å². The summed E-state index contributed by atoms with van der Waals surface area (Å²) in [7, 11) is 0. The molecule has 2 rings (SSSR count). The standard InChI is InChI=1S/C11H11IN4O/c12-9-4-2-1-3-8(9)11(17)13-6-5-10-14-7-15-16-10/h1-4,7H,5-6H2,(H,13,17)(H,14,15,16). The Balaban J connectivity index is 1.88. The van der Waals surface area contributed by atoms with Gasteiger partial charge in [-0.05, 0) is 34.7 Å². The molecule has 0 aliphatic heterocycles. The van der Waals surface area contributed by atoms with Crippen LogP contribution >= 0.6 is 22.6 Å². The largest absolute Gasteiger partial charge is 0.352 e. The van der Waals surface area contributed by atoms with Crippen LogP contribution < -0.4 is 5.32 Å². The highest BCUT2D eigenvalue weighted by molar-refractivity contribution is 14.1. The second kappa shape index (κ2) is 5.76. The van der Waals surface area contributed by atoms with Gasteiger partial charge < -0.3 is 5.32 Å². The number of carbonyl (C=O) groups is 1. The van der Waals surface area contributed by atoms with Gasteiger partial charge in [0.15, 0.2) is 0 Å². The minimum atomic E-state index is -0.0606. The normalized spacial score (nSPS) is 10.2. The van der Waals surface area contributed by atoms with Crippen LogP contribution in [-0.2, 0) is 6.42 Å². The fraction of sp³-hybridized carbons (Fsp3) is 0.182. The maximum absolute atomic E-state index is 11.8. The quantitative estimate of drug-likeness (QED) is 0.825. The van der Waals surface area contributed by atoms with Gasteiger partial charge in [-0.1, -0.05) is 12.1 Å². The molecule has 0 unspecified atom stereocenters. The molecule has 1 heterocycles. The summed E-state index contributed by atoms with van der Waals surface area (Å²) < 4.78 is 0.947. The number of hydrogen-bond acceptors (Lipinski definition) is 3. The Hall–Kier alpha value is -1.44. The average Bonchev–Trinajstić information content (AvgIpc) is 2.82. The first kappa shape index (κ1) is 12.0. The van der Waals surface area contributed by atoms with E-state index in [4.69, 9.17) is 0 Å². The maximum Gasteiger partial charge on any atom is 0.252 e. The minimum absolute atomic E-state index is 0.0606. The Bertz CT molecular complexity index is 498. The van der Waals surface area contributed by atoms with Gasteiger partial charge in [0.25, 0.3) is 5.91 Å². The molecule has 0 atom stereocenters. The van der Waals surface area contributed by atoms with Crippen molar-refractivity contribution in [3.8, 4) is 0 Å². The topological polar surface area (TPSA) is 70.7 Å². The van der Waals surface area contributed by atoms with Crippen LogP contribution in [0.15, 0.2) is 30.6 Å². The Morgan fingerprint density at radius 3 is 2.94 bits per heavy atom. The molecule has 1 amide bonds. The van der Waals surface area contributed by atoms with Crippen molar-refractivity contribution in [2.24, 2.45) is 0 Å². The molecule has 5 nitrogen and oxygen atoms in total. The second-order valence-electron chi connectivity index (χ2n) is 3.42. The molecule has 17 heavy (non-hydrogen) atoms. The summed E-state index contributed by atoms with van der Waals surface area (Å²) >= 11 is 2.15. The lowest BCUT2D eigenvalue weighted by Gasteiger charge is -2.05. The van der Waals surface area contributed by atoms with Gasteiger partial charge in [0, 0.05) is 16.5 Å². The molecule has 1 aromatic heterocycles. The number of aromatic nitrogens is 3. The third kappa shape index (κ3) is 3.26. The van der Waals surface area contributed by atoms with Gasteiger partial charge in [-0.2, -0.15) is 5.10 Å². The summed E-state index contributed by atoms with van der Waals surface area (Å²) in [6, 6.07) is 7.48. The SMILES string of the molecule is O=C(NCCc1ncn[nH]1)c1ccccc1I. The highest BCUT2D eigenvalue weighted by Gasteiger charge is 2.08. The number of rotatable bonds is 4. The van der Waals surface area contributed by atoms with Crippen LogP contribution in [0.2, 0.25) is 0 Å². The van der Waals surface area contributed by atoms with Crippen LogP contribution in [0.1, 0.15) is 16.2 Å². The van der Waals surface area contributed by atoms with Crippen LogP contribution in [0, 0.1) is 3.57 Å². The molecular weight excluding hydrogens is 331 g/mol. The fourth-order valence-electron chi connectivity index (χ4n) is 1.39. The number of halogens is 1. The lowest BCUT2D eigenvalue weighted by Crippen LogP contribution is -2.26. The Kier molecular flexibility index (Phi) is 4.08. The van der Waals surface area contributed by atoms with E-state index in [1.54, 1.807) is 0 Å². The number of H-pyrrole nitrogens is 1. The Morgan fingerprint density at radius 1 is 1.41 bits per heavy atom. The van der Waals surface area contributed by atoms with Gasteiger partial charge in [0.05, 0.1) is 5.56 Å². The zero-order chi connectivity index (χ0) is 12.1. The summed E-state index contributed by atoms with van der Waals surface area (Å²) in [5, 5.41) is 9.34. The fourth-order valence-corrected chi connectivity index (χ4v) is 2.02. The average molecular weight is 342 g/mol. The van der Waals surface area contributed by atoms with Gasteiger partial charge in [0.2, 0.25) is 0 Å². The van der Waals surface area contributed by atoms with Gasteiger partial charge in [0.1, 0.15) is 12.2 Å². The van der Waals surface area contributed by atoms with E-state index in [0.29, 0.717) is 18.5 Å². The first-order valence-corrected chi connectivity index (χ1v) is 6.22. The molecule has 0 aliphatic rings. The van der Waals surface area contributed by atoms with E-state index >= 15 is 0 Å². The number of nitrogens with one attached hydrogen (secondary N) is 2. The van der Waals surface area contributed by atoms with E-state index in [1.165, 1.54) is 6.33 Å². The van der Waals surface area contributed by atoms with Crippen molar-refractivity contribution in [3.63, 3.8) is 0 Å². The lowest BCUT2D eigenvalue weighted by molar-refractivity contribution is 0.0953. The van der Waals surface area contributed by atoms with E-state index in [1.807, 2.05) is 24.3 Å². The highest BCUT2D eigenvalue weighted by Crippen LogP contribution is 2.10. The van der Waals surface area contributed by atoms with E-state index in [2.05, 4.69) is 43.1 Å². The monoisotopic (exact) mass is 342 g/mol. The second-order valence-corrected chi connectivity index (χ2v) is 4.58. The maximum atomic E-state index is 11.8. The van der Waals surface area contributed by atoms with Crippen LogP contribution in [0.3, 0.4) is 0 Å². The molecule has 0 spiro atoms. The molecule has 6 heteroatoms. The van der Waals surface area contributed by atoms with Crippen molar-refractivity contribution >= 4 is 28.5 Å². The van der Waals surface area contributed by atoms with E-state index in [0.717, 1.165) is 9.39 Å². The molecule has 0 aliphatic carbocycles. The van der Waals surface area contributed by atoms with Crippen molar-refractivity contribution in [1.82, 2.24) is 20.5 Å². The molecular formula is C11H11IN4O. The van der Waals surface area contributed by atoms with Crippen molar-refractivity contribution in [2.75, 3.05) is 6.54 Å². The van der Waals surface area contributed by atoms with Crippen molar-refractivity contribution in [2.45, 2.75) is 6.42 Å². The summed E-state index contributed by atoms with van der Waals surface area (Å²) in [6.45, 7) is 0.541. The van der Waals surface area contributed by atoms with Crippen LogP contribution in [0.4, 0.5) is 0 Å².